The predicted molar refractivity (Wildman–Crippen MR) is 79.4 cm³/mol. The molecule has 1 fully saturated rings. The van der Waals surface area contributed by atoms with Crippen molar-refractivity contribution in [2.75, 3.05) is 32.8 Å². The molecule has 2 atom stereocenters. The molecule has 1 saturated heterocycles. The molecule has 7 heteroatoms. The molecule has 0 saturated carbocycles. The topological polar surface area (TPSA) is 41.9 Å². The standard InChI is InChI=1S/C16H22F3NO3/c1-2-13(21)9-20-6-7-22-15(10-20)11-23-14-5-3-4-12(8-14)16(17,18)19/h3-5,8,13,15,21H,2,6-7,9-11H2,1H3/t13-,15-/m1/s1. The van der Waals surface area contributed by atoms with Crippen LogP contribution in [0, 0.1) is 0 Å². The predicted octanol–water partition coefficient (Wildman–Crippen LogP) is 2.56. The third-order valence-corrected chi connectivity index (χ3v) is 3.76. The SMILES string of the molecule is CC[C@@H](O)CN1CCO[C@@H](COc2cccc(C(F)(F)F)c2)C1. The van der Waals surface area contributed by atoms with Crippen LogP contribution in [-0.4, -0.2) is 55.1 Å². The van der Waals surface area contributed by atoms with Crippen LogP contribution in [0.1, 0.15) is 18.9 Å². The maximum atomic E-state index is 12.7. The highest BCUT2D eigenvalue weighted by atomic mass is 19.4. The number of halogens is 3. The average Bonchev–Trinajstić information content (AvgIpc) is 2.52. The van der Waals surface area contributed by atoms with Crippen molar-refractivity contribution in [1.29, 1.82) is 0 Å². The van der Waals surface area contributed by atoms with E-state index in [4.69, 9.17) is 9.47 Å². The Hall–Kier alpha value is -1.31. The number of ether oxygens (including phenoxy) is 2. The van der Waals surface area contributed by atoms with Crippen molar-refractivity contribution in [1.82, 2.24) is 4.90 Å². The number of nitrogens with zero attached hydrogens (tertiary/aromatic N) is 1. The minimum atomic E-state index is -4.38. The van der Waals surface area contributed by atoms with Gasteiger partial charge in [0, 0.05) is 19.6 Å². The van der Waals surface area contributed by atoms with Crippen molar-refractivity contribution in [2.45, 2.75) is 31.7 Å². The molecule has 0 amide bonds. The van der Waals surface area contributed by atoms with E-state index in [0.717, 1.165) is 18.7 Å². The van der Waals surface area contributed by atoms with Gasteiger partial charge in [-0.15, -0.1) is 0 Å². The maximum absolute atomic E-state index is 12.7. The summed E-state index contributed by atoms with van der Waals surface area (Å²) in [6.45, 7) is 4.51. The smallest absolute Gasteiger partial charge is 0.416 e. The Balaban J connectivity index is 1.86. The van der Waals surface area contributed by atoms with Crippen molar-refractivity contribution < 1.29 is 27.8 Å². The minimum absolute atomic E-state index is 0.175. The first-order valence-corrected chi connectivity index (χ1v) is 7.70. The number of morpholine rings is 1. The number of aliphatic hydroxyl groups is 1. The van der Waals surface area contributed by atoms with E-state index >= 15 is 0 Å². The first-order valence-electron chi connectivity index (χ1n) is 7.70. The molecule has 4 nitrogen and oxygen atoms in total. The van der Waals surface area contributed by atoms with Crippen LogP contribution in [0.15, 0.2) is 24.3 Å². The molecule has 130 valence electrons. The summed E-state index contributed by atoms with van der Waals surface area (Å²) in [5.74, 6) is 0.175. The van der Waals surface area contributed by atoms with Crippen molar-refractivity contribution in [2.24, 2.45) is 0 Å². The third-order valence-electron chi connectivity index (χ3n) is 3.76. The van der Waals surface area contributed by atoms with Gasteiger partial charge in [0.15, 0.2) is 0 Å². The summed E-state index contributed by atoms with van der Waals surface area (Å²) in [5.41, 5.74) is -0.729. The molecule has 0 radical (unpaired) electrons. The van der Waals surface area contributed by atoms with Crippen LogP contribution < -0.4 is 4.74 Å². The Labute approximate surface area is 133 Å². The largest absolute Gasteiger partial charge is 0.491 e. The summed E-state index contributed by atoms with van der Waals surface area (Å²) in [6, 6.07) is 4.82. The first-order chi connectivity index (χ1) is 10.9. The Morgan fingerprint density at radius 3 is 2.91 bits per heavy atom. The number of aliphatic hydroxyl groups excluding tert-OH is 1. The van der Waals surface area contributed by atoms with Crippen LogP contribution in [0.4, 0.5) is 13.2 Å². The Bertz CT molecular complexity index is 496. The molecule has 1 aliphatic rings. The van der Waals surface area contributed by atoms with E-state index in [1.165, 1.54) is 12.1 Å². The zero-order valence-electron chi connectivity index (χ0n) is 13.1. The summed E-state index contributed by atoms with van der Waals surface area (Å²) in [5, 5.41) is 9.69. The van der Waals surface area contributed by atoms with E-state index in [9.17, 15) is 18.3 Å². The normalized spacial score (nSPS) is 21.2. The molecule has 2 rings (SSSR count). The van der Waals surface area contributed by atoms with Crippen molar-refractivity contribution in [3.05, 3.63) is 29.8 Å². The van der Waals surface area contributed by atoms with E-state index in [0.29, 0.717) is 26.1 Å². The van der Waals surface area contributed by atoms with Crippen LogP contribution in [0.5, 0.6) is 5.75 Å². The van der Waals surface area contributed by atoms with Gasteiger partial charge in [0.1, 0.15) is 18.5 Å². The number of benzene rings is 1. The second kappa shape index (κ2) is 7.99. The van der Waals surface area contributed by atoms with Gasteiger partial charge in [-0.3, -0.25) is 4.90 Å². The van der Waals surface area contributed by atoms with Gasteiger partial charge in [0.2, 0.25) is 0 Å². The molecule has 23 heavy (non-hydrogen) atoms. The van der Waals surface area contributed by atoms with Gasteiger partial charge in [-0.05, 0) is 24.6 Å². The second-order valence-corrected chi connectivity index (χ2v) is 5.65. The number of hydrogen-bond acceptors (Lipinski definition) is 4. The fourth-order valence-electron chi connectivity index (χ4n) is 2.43. The molecule has 1 heterocycles. The summed E-state index contributed by atoms with van der Waals surface area (Å²) < 4.78 is 49.0. The van der Waals surface area contributed by atoms with Gasteiger partial charge in [-0.2, -0.15) is 13.2 Å². The van der Waals surface area contributed by atoms with Gasteiger partial charge in [0.05, 0.1) is 18.3 Å². The zero-order valence-corrected chi connectivity index (χ0v) is 13.1. The lowest BCUT2D eigenvalue weighted by atomic mass is 10.2. The van der Waals surface area contributed by atoms with Crippen LogP contribution in [0.25, 0.3) is 0 Å². The Kier molecular flexibility index (Phi) is 6.26. The van der Waals surface area contributed by atoms with E-state index < -0.39 is 11.7 Å². The molecule has 0 aliphatic carbocycles. The van der Waals surface area contributed by atoms with Gasteiger partial charge < -0.3 is 14.6 Å². The number of hydrogen-bond donors (Lipinski definition) is 1. The van der Waals surface area contributed by atoms with Crippen molar-refractivity contribution in [3.63, 3.8) is 0 Å². The lowest BCUT2D eigenvalue weighted by Crippen LogP contribution is -2.47. The minimum Gasteiger partial charge on any atom is -0.491 e. The maximum Gasteiger partial charge on any atom is 0.416 e. The Morgan fingerprint density at radius 1 is 1.43 bits per heavy atom. The number of β-amino-alcohol motifs (C(OH)–C–C–N with tert-alkyl or cyclic N) is 1. The fraction of sp³-hybridized carbons (Fsp3) is 0.625. The molecule has 1 aliphatic heterocycles. The lowest BCUT2D eigenvalue weighted by molar-refractivity contribution is -0.137. The lowest BCUT2D eigenvalue weighted by Gasteiger charge is -2.33. The molecule has 0 bridgehead atoms. The van der Waals surface area contributed by atoms with Crippen molar-refractivity contribution in [3.8, 4) is 5.75 Å². The quantitative estimate of drug-likeness (QED) is 0.869. The number of rotatable bonds is 6. The zero-order chi connectivity index (χ0) is 16.9. The molecule has 1 aromatic rings. The van der Waals surface area contributed by atoms with Gasteiger partial charge in [-0.25, -0.2) is 0 Å². The summed E-state index contributed by atoms with van der Waals surface area (Å²) in [4.78, 5) is 2.08. The van der Waals surface area contributed by atoms with E-state index in [2.05, 4.69) is 4.90 Å². The van der Waals surface area contributed by atoms with Crippen LogP contribution in [0.3, 0.4) is 0 Å². The first kappa shape index (κ1) is 18.0. The van der Waals surface area contributed by atoms with Crippen LogP contribution in [0.2, 0.25) is 0 Å². The van der Waals surface area contributed by atoms with Crippen LogP contribution >= 0.6 is 0 Å². The molecule has 1 N–H and O–H groups in total. The van der Waals surface area contributed by atoms with Crippen molar-refractivity contribution >= 4 is 0 Å². The monoisotopic (exact) mass is 333 g/mol. The van der Waals surface area contributed by atoms with Gasteiger partial charge in [-0.1, -0.05) is 13.0 Å². The molecule has 0 spiro atoms. The van der Waals surface area contributed by atoms with E-state index in [1.807, 2.05) is 6.92 Å². The van der Waals surface area contributed by atoms with Gasteiger partial charge in [0.25, 0.3) is 0 Å². The fourth-order valence-corrected chi connectivity index (χ4v) is 2.43. The Morgan fingerprint density at radius 2 is 2.22 bits per heavy atom. The summed E-state index contributed by atoms with van der Waals surface area (Å²) in [7, 11) is 0. The average molecular weight is 333 g/mol. The highest BCUT2D eigenvalue weighted by molar-refractivity contribution is 5.30. The molecule has 0 unspecified atom stereocenters. The summed E-state index contributed by atoms with van der Waals surface area (Å²) in [6.07, 6.45) is -4.29. The highest BCUT2D eigenvalue weighted by Gasteiger charge is 2.30. The molecular formula is C16H22F3NO3. The third kappa shape index (κ3) is 5.67. The van der Waals surface area contributed by atoms with E-state index in [-0.39, 0.29) is 24.6 Å². The molecule has 0 aromatic heterocycles. The highest BCUT2D eigenvalue weighted by Crippen LogP contribution is 2.31. The van der Waals surface area contributed by atoms with E-state index in [1.54, 1.807) is 0 Å². The summed E-state index contributed by atoms with van der Waals surface area (Å²) >= 11 is 0. The van der Waals surface area contributed by atoms with Crippen LogP contribution in [-0.2, 0) is 10.9 Å². The number of alkyl halides is 3. The molecule has 1 aromatic carbocycles. The van der Waals surface area contributed by atoms with Gasteiger partial charge >= 0.3 is 6.18 Å². The second-order valence-electron chi connectivity index (χ2n) is 5.65. The molecular weight excluding hydrogens is 311 g/mol.